The molecule has 4 aromatic rings. The van der Waals surface area contributed by atoms with Crippen LogP contribution in [-0.2, 0) is 0 Å². The normalized spacial score (nSPS) is 16.4. The molecule has 2 N–H and O–H groups in total. The molecule has 32 heavy (non-hydrogen) atoms. The Bertz CT molecular complexity index is 1440. The number of halogens is 1. The predicted molar refractivity (Wildman–Crippen MR) is 111 cm³/mol. The lowest BCUT2D eigenvalue weighted by Gasteiger charge is -2.31. The minimum absolute atomic E-state index is 0.113. The number of carbonyl (C=O) groups is 1. The zero-order valence-corrected chi connectivity index (χ0v) is 16.7. The molecule has 1 fully saturated rings. The third-order valence-corrected chi connectivity index (χ3v) is 5.42. The van der Waals surface area contributed by atoms with Gasteiger partial charge in [0.15, 0.2) is 0 Å². The lowest BCUT2D eigenvalue weighted by molar-refractivity contribution is 0.0695. The van der Waals surface area contributed by atoms with Crippen LogP contribution in [0.3, 0.4) is 0 Å². The van der Waals surface area contributed by atoms with Crippen molar-refractivity contribution in [1.82, 2.24) is 30.0 Å². The molecule has 1 aliphatic heterocycles. The molecular formula is C21H17FN6O4. The van der Waals surface area contributed by atoms with Crippen LogP contribution in [0.2, 0.25) is 0 Å². The molecular weight excluding hydrogens is 419 g/mol. The van der Waals surface area contributed by atoms with Crippen LogP contribution in [0.1, 0.15) is 35.0 Å². The van der Waals surface area contributed by atoms with Crippen LogP contribution in [-0.4, -0.2) is 49.0 Å². The molecule has 1 aromatic carbocycles. The molecule has 3 aromatic heterocycles. The van der Waals surface area contributed by atoms with E-state index in [0.717, 1.165) is 12.8 Å². The number of pyridine rings is 1. The highest BCUT2D eigenvalue weighted by Crippen LogP contribution is 2.28. The maximum atomic E-state index is 13.5. The standard InChI is InChI=1S/C21H17FN6O4/c22-14-5-1-3-11(7-14)16-24-19(32-27-16)12-4-2-6-28(10-12)20(30)13-8-15-17(23-9-13)25-21(31)26-18(15)29/h1,3,5,7-9,12H,2,4,6,10H2,(H2,23,25,26,29,31). The van der Waals surface area contributed by atoms with Crippen molar-refractivity contribution in [2.24, 2.45) is 0 Å². The molecule has 11 heteroatoms. The number of piperidine rings is 1. The van der Waals surface area contributed by atoms with E-state index in [1.54, 1.807) is 17.0 Å². The summed E-state index contributed by atoms with van der Waals surface area (Å²) in [6.45, 7) is 0.879. The molecule has 0 saturated carbocycles. The number of likely N-dealkylation sites (tertiary alicyclic amines) is 1. The van der Waals surface area contributed by atoms with E-state index in [1.165, 1.54) is 24.4 Å². The van der Waals surface area contributed by atoms with Gasteiger partial charge in [0.05, 0.1) is 16.9 Å². The molecule has 1 saturated heterocycles. The Labute approximate surface area is 179 Å². The number of aromatic nitrogens is 5. The van der Waals surface area contributed by atoms with Crippen molar-refractivity contribution in [2.75, 3.05) is 13.1 Å². The van der Waals surface area contributed by atoms with Crippen LogP contribution >= 0.6 is 0 Å². The fourth-order valence-electron chi connectivity index (χ4n) is 3.86. The van der Waals surface area contributed by atoms with E-state index in [4.69, 9.17) is 4.52 Å². The van der Waals surface area contributed by atoms with Gasteiger partial charge in [-0.2, -0.15) is 4.98 Å². The number of carbonyl (C=O) groups excluding carboxylic acids is 1. The van der Waals surface area contributed by atoms with Gasteiger partial charge in [0.2, 0.25) is 11.7 Å². The highest BCUT2D eigenvalue weighted by atomic mass is 19.1. The summed E-state index contributed by atoms with van der Waals surface area (Å²) in [7, 11) is 0. The van der Waals surface area contributed by atoms with Gasteiger partial charge in [-0.3, -0.25) is 19.6 Å². The molecule has 1 amide bonds. The number of H-pyrrole nitrogens is 2. The fraction of sp³-hybridized carbons (Fsp3) is 0.238. The molecule has 1 atom stereocenters. The van der Waals surface area contributed by atoms with Crippen molar-refractivity contribution < 1.29 is 13.7 Å². The summed E-state index contributed by atoms with van der Waals surface area (Å²) in [5, 5.41) is 4.07. The Hall–Kier alpha value is -4.15. The average Bonchev–Trinajstić information content (AvgIpc) is 3.29. The van der Waals surface area contributed by atoms with E-state index in [9.17, 15) is 18.8 Å². The number of nitrogens with zero attached hydrogens (tertiary/aromatic N) is 4. The second kappa shape index (κ2) is 7.84. The van der Waals surface area contributed by atoms with E-state index in [2.05, 4.69) is 25.1 Å². The van der Waals surface area contributed by atoms with Crippen molar-refractivity contribution in [3.05, 3.63) is 74.6 Å². The van der Waals surface area contributed by atoms with E-state index in [0.29, 0.717) is 24.5 Å². The second-order valence-electron chi connectivity index (χ2n) is 7.59. The van der Waals surface area contributed by atoms with Crippen molar-refractivity contribution in [2.45, 2.75) is 18.8 Å². The predicted octanol–water partition coefficient (Wildman–Crippen LogP) is 1.82. The fourth-order valence-corrected chi connectivity index (χ4v) is 3.86. The first-order valence-corrected chi connectivity index (χ1v) is 9.99. The number of benzene rings is 1. The highest BCUT2D eigenvalue weighted by molar-refractivity contribution is 5.96. The van der Waals surface area contributed by atoms with Gasteiger partial charge in [-0.05, 0) is 31.0 Å². The van der Waals surface area contributed by atoms with Crippen molar-refractivity contribution in [1.29, 1.82) is 0 Å². The lowest BCUT2D eigenvalue weighted by Crippen LogP contribution is -2.39. The summed E-state index contributed by atoms with van der Waals surface area (Å²) >= 11 is 0. The molecule has 1 unspecified atom stereocenters. The summed E-state index contributed by atoms with van der Waals surface area (Å²) < 4.78 is 18.9. The van der Waals surface area contributed by atoms with Crippen LogP contribution in [0, 0.1) is 5.82 Å². The molecule has 0 spiro atoms. The number of aromatic amines is 2. The maximum Gasteiger partial charge on any atom is 0.327 e. The van der Waals surface area contributed by atoms with Gasteiger partial charge >= 0.3 is 5.69 Å². The molecule has 10 nitrogen and oxygen atoms in total. The molecule has 0 aliphatic carbocycles. The SMILES string of the molecule is O=C(c1cnc2[nH]c(=O)[nH]c(=O)c2c1)N1CCCC(c2nc(-c3cccc(F)c3)no2)C1. The van der Waals surface area contributed by atoms with Gasteiger partial charge < -0.3 is 9.42 Å². The Kier molecular flexibility index (Phi) is 4.85. The van der Waals surface area contributed by atoms with Gasteiger partial charge in [0.25, 0.3) is 11.5 Å². The smallest absolute Gasteiger partial charge is 0.327 e. The molecule has 1 aliphatic rings. The Balaban J connectivity index is 1.37. The first-order valence-electron chi connectivity index (χ1n) is 9.99. The Morgan fingerprint density at radius 2 is 2.09 bits per heavy atom. The van der Waals surface area contributed by atoms with Gasteiger partial charge in [-0.25, -0.2) is 14.2 Å². The van der Waals surface area contributed by atoms with Gasteiger partial charge in [0, 0.05) is 24.8 Å². The molecule has 4 heterocycles. The van der Waals surface area contributed by atoms with E-state index in [-0.39, 0.29) is 34.2 Å². The Morgan fingerprint density at radius 3 is 2.94 bits per heavy atom. The van der Waals surface area contributed by atoms with Crippen LogP contribution in [0.4, 0.5) is 4.39 Å². The van der Waals surface area contributed by atoms with E-state index in [1.807, 2.05) is 0 Å². The van der Waals surface area contributed by atoms with Crippen LogP contribution in [0.25, 0.3) is 22.4 Å². The highest BCUT2D eigenvalue weighted by Gasteiger charge is 2.29. The summed E-state index contributed by atoms with van der Waals surface area (Å²) in [5.41, 5.74) is -0.415. The third kappa shape index (κ3) is 3.68. The van der Waals surface area contributed by atoms with E-state index >= 15 is 0 Å². The monoisotopic (exact) mass is 436 g/mol. The summed E-state index contributed by atoms with van der Waals surface area (Å²) in [6.07, 6.45) is 2.81. The number of fused-ring (bicyclic) bond motifs is 1. The second-order valence-corrected chi connectivity index (χ2v) is 7.59. The first-order chi connectivity index (χ1) is 15.5. The van der Waals surface area contributed by atoms with Crippen molar-refractivity contribution in [3.8, 4) is 11.4 Å². The third-order valence-electron chi connectivity index (χ3n) is 5.42. The van der Waals surface area contributed by atoms with Crippen molar-refractivity contribution in [3.63, 3.8) is 0 Å². The first kappa shape index (κ1) is 19.8. The van der Waals surface area contributed by atoms with Gasteiger partial charge in [-0.15, -0.1) is 0 Å². The van der Waals surface area contributed by atoms with Crippen LogP contribution in [0.5, 0.6) is 0 Å². The molecule has 162 valence electrons. The topological polar surface area (TPSA) is 138 Å². The quantitative estimate of drug-likeness (QED) is 0.500. The van der Waals surface area contributed by atoms with Gasteiger partial charge in [-0.1, -0.05) is 17.3 Å². The Morgan fingerprint density at radius 1 is 1.22 bits per heavy atom. The zero-order chi connectivity index (χ0) is 22.2. The molecule has 5 rings (SSSR count). The molecule has 0 bridgehead atoms. The summed E-state index contributed by atoms with van der Waals surface area (Å²) in [6, 6.07) is 7.34. The summed E-state index contributed by atoms with van der Waals surface area (Å²) in [5.74, 6) is -0.187. The number of hydrogen-bond acceptors (Lipinski definition) is 7. The number of hydrogen-bond donors (Lipinski definition) is 2. The zero-order valence-electron chi connectivity index (χ0n) is 16.7. The number of rotatable bonds is 3. The maximum absolute atomic E-state index is 13.5. The molecule has 0 radical (unpaired) electrons. The number of nitrogens with one attached hydrogen (secondary N) is 2. The largest absolute Gasteiger partial charge is 0.339 e. The van der Waals surface area contributed by atoms with Crippen molar-refractivity contribution >= 4 is 16.9 Å². The average molecular weight is 436 g/mol. The van der Waals surface area contributed by atoms with Crippen LogP contribution in [0.15, 0.2) is 50.6 Å². The minimum atomic E-state index is -0.662. The minimum Gasteiger partial charge on any atom is -0.339 e. The lowest BCUT2D eigenvalue weighted by atomic mass is 9.97. The van der Waals surface area contributed by atoms with E-state index < -0.39 is 17.1 Å². The number of amides is 1. The summed E-state index contributed by atoms with van der Waals surface area (Å²) in [4.78, 5) is 51.1. The van der Waals surface area contributed by atoms with Crippen LogP contribution < -0.4 is 11.2 Å². The van der Waals surface area contributed by atoms with Gasteiger partial charge in [0.1, 0.15) is 11.5 Å².